The number of nitrogens with one attached hydrogen (secondary N) is 3. The van der Waals surface area contributed by atoms with Crippen molar-refractivity contribution >= 4 is 33.3 Å². The Balaban J connectivity index is 1.48. The van der Waals surface area contributed by atoms with Crippen molar-refractivity contribution in [3.63, 3.8) is 0 Å². The molecular weight excluding hydrogens is 449 g/mol. The summed E-state index contributed by atoms with van der Waals surface area (Å²) in [6.07, 6.45) is 4.99. The number of aromatic amines is 2. The van der Waals surface area contributed by atoms with Crippen molar-refractivity contribution < 1.29 is 4.39 Å². The van der Waals surface area contributed by atoms with Crippen LogP contribution in [0.2, 0.25) is 0 Å². The first kappa shape index (κ1) is 20.6. The highest BCUT2D eigenvalue weighted by molar-refractivity contribution is 7.13. The van der Waals surface area contributed by atoms with Crippen LogP contribution in [0.4, 0.5) is 4.39 Å². The van der Waals surface area contributed by atoms with E-state index in [1.54, 1.807) is 29.9 Å². The molecule has 5 aromatic heterocycles. The maximum Gasteiger partial charge on any atom is 0.161 e. The van der Waals surface area contributed by atoms with Gasteiger partial charge in [-0.2, -0.15) is 5.10 Å². The highest BCUT2D eigenvalue weighted by Crippen LogP contribution is 2.35. The van der Waals surface area contributed by atoms with Gasteiger partial charge in [-0.3, -0.25) is 15.1 Å². The number of halogens is 1. The molecule has 168 valence electrons. The second kappa shape index (κ2) is 8.44. The van der Waals surface area contributed by atoms with Crippen LogP contribution < -0.4 is 5.32 Å². The fraction of sp³-hybridized carbons (Fsp3) is 0.120. The summed E-state index contributed by atoms with van der Waals surface area (Å²) in [6, 6.07) is 12.0. The number of aromatic nitrogens is 6. The molecule has 0 fully saturated rings. The minimum Gasteiger partial charge on any atom is -0.337 e. The van der Waals surface area contributed by atoms with Gasteiger partial charge in [0.05, 0.1) is 28.1 Å². The molecular formula is C25H20FN7S. The molecule has 7 nitrogen and oxygen atoms in total. The van der Waals surface area contributed by atoms with Crippen LogP contribution in [0.15, 0.2) is 60.4 Å². The summed E-state index contributed by atoms with van der Waals surface area (Å²) in [6.45, 7) is 3.53. The molecule has 0 amide bonds. The summed E-state index contributed by atoms with van der Waals surface area (Å²) < 4.78 is 15.9. The van der Waals surface area contributed by atoms with Crippen molar-refractivity contribution in [1.82, 2.24) is 35.5 Å². The van der Waals surface area contributed by atoms with Gasteiger partial charge in [0.1, 0.15) is 11.4 Å². The second-order valence-corrected chi connectivity index (χ2v) is 8.86. The average Bonchev–Trinajstić information content (AvgIpc) is 3.62. The molecule has 0 spiro atoms. The van der Waals surface area contributed by atoms with Crippen LogP contribution in [0.25, 0.3) is 55.2 Å². The lowest BCUT2D eigenvalue weighted by molar-refractivity contribution is 0.638. The van der Waals surface area contributed by atoms with E-state index in [2.05, 4.69) is 36.5 Å². The standard InChI is InChI=1S/C25H20FN7S/c1-2-27-10-14-9-15(12-28-11-14)22-21(26)20-18(13-29-22)32-33-24(20)25-30-17-6-3-5-16(23(17)31-25)19-7-4-8-34-19/h3-9,11-13,27H,2,10H2,1H3,(H,30,31)(H,32,33). The number of benzene rings is 1. The van der Waals surface area contributed by atoms with Gasteiger partial charge in [0.25, 0.3) is 0 Å². The van der Waals surface area contributed by atoms with Gasteiger partial charge >= 0.3 is 0 Å². The molecule has 34 heavy (non-hydrogen) atoms. The molecule has 3 N–H and O–H groups in total. The fourth-order valence-electron chi connectivity index (χ4n) is 4.11. The molecule has 0 unspecified atom stereocenters. The maximum absolute atomic E-state index is 15.9. The van der Waals surface area contributed by atoms with Crippen molar-refractivity contribution in [2.24, 2.45) is 0 Å². The molecule has 0 aliphatic rings. The molecule has 5 heterocycles. The zero-order chi connectivity index (χ0) is 23.1. The van der Waals surface area contributed by atoms with E-state index < -0.39 is 5.82 Å². The van der Waals surface area contributed by atoms with Gasteiger partial charge in [-0.25, -0.2) is 9.37 Å². The normalized spacial score (nSPS) is 11.6. The minimum atomic E-state index is -0.456. The largest absolute Gasteiger partial charge is 0.337 e. The molecule has 0 radical (unpaired) electrons. The summed E-state index contributed by atoms with van der Waals surface area (Å²) in [4.78, 5) is 17.9. The van der Waals surface area contributed by atoms with E-state index >= 15 is 4.39 Å². The van der Waals surface area contributed by atoms with Crippen molar-refractivity contribution in [3.05, 3.63) is 71.7 Å². The molecule has 0 saturated carbocycles. The van der Waals surface area contributed by atoms with Gasteiger partial charge < -0.3 is 10.3 Å². The number of para-hydroxylation sites is 1. The molecule has 0 saturated heterocycles. The van der Waals surface area contributed by atoms with Crippen LogP contribution in [-0.2, 0) is 6.54 Å². The van der Waals surface area contributed by atoms with E-state index in [1.807, 2.05) is 42.6 Å². The Labute approximate surface area is 198 Å². The Morgan fingerprint density at radius 3 is 2.85 bits per heavy atom. The number of fused-ring (bicyclic) bond motifs is 2. The van der Waals surface area contributed by atoms with Gasteiger partial charge in [-0.15, -0.1) is 11.3 Å². The molecule has 0 bridgehead atoms. The highest BCUT2D eigenvalue weighted by atomic mass is 32.1. The predicted molar refractivity (Wildman–Crippen MR) is 133 cm³/mol. The number of nitrogens with zero attached hydrogens (tertiary/aromatic N) is 4. The third-order valence-corrected chi connectivity index (χ3v) is 6.62. The Kier molecular flexibility index (Phi) is 5.12. The topological polar surface area (TPSA) is 95.2 Å². The smallest absolute Gasteiger partial charge is 0.161 e. The number of pyridine rings is 2. The van der Waals surface area contributed by atoms with Gasteiger partial charge in [0.15, 0.2) is 11.6 Å². The van der Waals surface area contributed by atoms with E-state index in [0.29, 0.717) is 34.5 Å². The van der Waals surface area contributed by atoms with Crippen LogP contribution in [0.5, 0.6) is 0 Å². The van der Waals surface area contributed by atoms with Crippen molar-refractivity contribution in [3.8, 4) is 33.2 Å². The Morgan fingerprint density at radius 1 is 1.06 bits per heavy atom. The number of rotatable bonds is 6. The van der Waals surface area contributed by atoms with Gasteiger partial charge in [-0.05, 0) is 35.7 Å². The van der Waals surface area contributed by atoms with Crippen LogP contribution in [0, 0.1) is 5.82 Å². The monoisotopic (exact) mass is 469 g/mol. The predicted octanol–water partition coefficient (Wildman–Crippen LogP) is 5.54. The molecule has 6 aromatic rings. The van der Waals surface area contributed by atoms with Crippen molar-refractivity contribution in [2.75, 3.05) is 6.54 Å². The second-order valence-electron chi connectivity index (χ2n) is 7.91. The zero-order valence-corrected chi connectivity index (χ0v) is 19.1. The van der Waals surface area contributed by atoms with E-state index in [9.17, 15) is 0 Å². The SMILES string of the molecule is CCNCc1cncc(-c2ncc3[nH]nc(-c4nc5c(-c6cccs6)cccc5[nH]4)c3c2F)c1. The minimum absolute atomic E-state index is 0.233. The molecule has 9 heteroatoms. The van der Waals surface area contributed by atoms with Crippen LogP contribution in [-0.4, -0.2) is 36.7 Å². The van der Waals surface area contributed by atoms with Gasteiger partial charge in [0.2, 0.25) is 0 Å². The first-order valence-electron chi connectivity index (χ1n) is 10.9. The summed E-state index contributed by atoms with van der Waals surface area (Å²) in [5, 5.41) is 12.9. The summed E-state index contributed by atoms with van der Waals surface area (Å²) in [5.41, 5.74) is 5.46. The summed E-state index contributed by atoms with van der Waals surface area (Å²) in [7, 11) is 0. The van der Waals surface area contributed by atoms with E-state index in [1.165, 1.54) is 0 Å². The van der Waals surface area contributed by atoms with Crippen molar-refractivity contribution in [1.29, 1.82) is 0 Å². The molecule has 0 atom stereocenters. The Morgan fingerprint density at radius 2 is 2.00 bits per heavy atom. The maximum atomic E-state index is 15.9. The van der Waals surface area contributed by atoms with E-state index in [4.69, 9.17) is 4.98 Å². The number of H-pyrrole nitrogens is 2. The Hall–Kier alpha value is -3.95. The van der Waals surface area contributed by atoms with Gasteiger partial charge in [0, 0.05) is 34.9 Å². The van der Waals surface area contributed by atoms with Crippen molar-refractivity contribution in [2.45, 2.75) is 13.5 Å². The number of imidazole rings is 1. The lowest BCUT2D eigenvalue weighted by atomic mass is 10.1. The van der Waals surface area contributed by atoms with Crippen LogP contribution in [0.3, 0.4) is 0 Å². The first-order valence-corrected chi connectivity index (χ1v) is 11.8. The number of thiophene rings is 1. The summed E-state index contributed by atoms with van der Waals surface area (Å²) >= 11 is 1.65. The van der Waals surface area contributed by atoms with Crippen LogP contribution in [0.1, 0.15) is 12.5 Å². The third kappa shape index (κ3) is 3.46. The molecule has 0 aliphatic heterocycles. The average molecular weight is 470 g/mol. The number of hydrogen-bond donors (Lipinski definition) is 3. The first-order chi connectivity index (χ1) is 16.7. The molecule has 1 aromatic carbocycles. The quantitative estimate of drug-likeness (QED) is 0.298. The third-order valence-electron chi connectivity index (χ3n) is 5.72. The van der Waals surface area contributed by atoms with E-state index in [-0.39, 0.29) is 5.69 Å². The fourth-order valence-corrected chi connectivity index (χ4v) is 4.86. The molecule has 0 aliphatic carbocycles. The summed E-state index contributed by atoms with van der Waals surface area (Å²) in [5.74, 6) is 0.0444. The molecule has 6 rings (SSSR count). The zero-order valence-electron chi connectivity index (χ0n) is 18.3. The lowest BCUT2D eigenvalue weighted by Gasteiger charge is -2.07. The number of hydrogen-bond acceptors (Lipinski definition) is 6. The lowest BCUT2D eigenvalue weighted by Crippen LogP contribution is -2.11. The highest BCUT2D eigenvalue weighted by Gasteiger charge is 2.21. The van der Waals surface area contributed by atoms with Gasteiger partial charge in [-0.1, -0.05) is 25.1 Å². The van der Waals surface area contributed by atoms with E-state index in [0.717, 1.165) is 33.6 Å². The Bertz CT molecular complexity index is 1620. The van der Waals surface area contributed by atoms with Crippen LogP contribution >= 0.6 is 11.3 Å².